The number of fused-ring (bicyclic) bond motifs is 1. The van der Waals surface area contributed by atoms with Gasteiger partial charge in [0.2, 0.25) is 5.91 Å². The van der Waals surface area contributed by atoms with Gasteiger partial charge in [-0.2, -0.15) is 0 Å². The van der Waals surface area contributed by atoms with Crippen LogP contribution in [0, 0.1) is 0 Å². The lowest BCUT2D eigenvalue weighted by Crippen LogP contribution is -2.32. The third-order valence-electron chi connectivity index (χ3n) is 4.62. The van der Waals surface area contributed by atoms with E-state index in [0.29, 0.717) is 6.42 Å². The number of aromatic nitrogens is 1. The van der Waals surface area contributed by atoms with Gasteiger partial charge in [0.05, 0.1) is 18.2 Å². The Bertz CT molecular complexity index is 872. The van der Waals surface area contributed by atoms with E-state index in [0.717, 1.165) is 35.5 Å². The fourth-order valence-electron chi connectivity index (χ4n) is 3.42. The van der Waals surface area contributed by atoms with Gasteiger partial charge in [-0.25, -0.2) is 4.98 Å². The fraction of sp³-hybridized carbons (Fsp3) is 0.238. The highest BCUT2D eigenvalue weighted by Crippen LogP contribution is 2.29. The number of amides is 1. The number of thiazole rings is 1. The molecule has 1 amide bonds. The molecule has 0 fully saturated rings. The molecule has 1 aromatic heterocycles. The standard InChI is InChI=1S/C21H20N2OS/c24-20(23-19-12-6-10-15-7-4-5-11-18(15)19)13-17-14-25-21(22-17)16-8-2-1-3-9-16/h1-5,7-9,11,14,19H,6,10,12-13H2,(H,23,24)/t19-/m0/s1. The number of nitrogens with one attached hydrogen (secondary N) is 1. The number of nitrogens with zero attached hydrogens (tertiary/aromatic N) is 1. The van der Waals surface area contributed by atoms with E-state index in [9.17, 15) is 4.79 Å². The van der Waals surface area contributed by atoms with E-state index >= 15 is 0 Å². The topological polar surface area (TPSA) is 42.0 Å². The monoisotopic (exact) mass is 348 g/mol. The first kappa shape index (κ1) is 16.0. The van der Waals surface area contributed by atoms with E-state index in [1.165, 1.54) is 11.1 Å². The average molecular weight is 348 g/mol. The minimum Gasteiger partial charge on any atom is -0.349 e. The third-order valence-corrected chi connectivity index (χ3v) is 5.56. The Hall–Kier alpha value is -2.46. The first-order valence-electron chi connectivity index (χ1n) is 8.66. The molecule has 2 aromatic carbocycles. The lowest BCUT2D eigenvalue weighted by Gasteiger charge is -2.26. The highest BCUT2D eigenvalue weighted by atomic mass is 32.1. The number of hydrogen-bond acceptors (Lipinski definition) is 3. The first-order chi connectivity index (χ1) is 12.3. The normalized spacial score (nSPS) is 16.2. The quantitative estimate of drug-likeness (QED) is 0.752. The van der Waals surface area contributed by atoms with Crippen molar-refractivity contribution in [2.24, 2.45) is 0 Å². The minimum absolute atomic E-state index is 0.0478. The van der Waals surface area contributed by atoms with Gasteiger partial charge in [-0.1, -0.05) is 54.6 Å². The van der Waals surface area contributed by atoms with E-state index in [1.807, 2.05) is 35.7 Å². The molecule has 0 radical (unpaired) electrons. The Kier molecular flexibility index (Phi) is 4.61. The molecule has 0 bridgehead atoms. The number of benzene rings is 2. The molecule has 4 rings (SSSR count). The molecule has 0 saturated carbocycles. The predicted octanol–water partition coefficient (Wildman–Crippen LogP) is 4.55. The summed E-state index contributed by atoms with van der Waals surface area (Å²) >= 11 is 1.59. The second-order valence-electron chi connectivity index (χ2n) is 6.40. The van der Waals surface area contributed by atoms with Crippen molar-refractivity contribution in [1.82, 2.24) is 10.3 Å². The van der Waals surface area contributed by atoms with Crippen LogP contribution in [0.3, 0.4) is 0 Å². The number of carbonyl (C=O) groups is 1. The Morgan fingerprint density at radius 1 is 1.12 bits per heavy atom. The summed E-state index contributed by atoms with van der Waals surface area (Å²) in [4.78, 5) is 17.1. The van der Waals surface area contributed by atoms with Crippen molar-refractivity contribution in [2.75, 3.05) is 0 Å². The van der Waals surface area contributed by atoms with Gasteiger partial charge in [0.25, 0.3) is 0 Å². The Morgan fingerprint density at radius 2 is 1.92 bits per heavy atom. The number of aryl methyl sites for hydroxylation is 1. The van der Waals surface area contributed by atoms with Gasteiger partial charge in [-0.05, 0) is 30.4 Å². The van der Waals surface area contributed by atoms with Crippen molar-refractivity contribution in [1.29, 1.82) is 0 Å². The molecule has 0 saturated heterocycles. The van der Waals surface area contributed by atoms with Crippen LogP contribution in [0.5, 0.6) is 0 Å². The molecule has 1 N–H and O–H groups in total. The molecule has 0 unspecified atom stereocenters. The van der Waals surface area contributed by atoms with Gasteiger partial charge in [-0.3, -0.25) is 4.79 Å². The van der Waals surface area contributed by atoms with E-state index in [2.05, 4.69) is 34.6 Å². The van der Waals surface area contributed by atoms with Crippen LogP contribution in [0.4, 0.5) is 0 Å². The maximum Gasteiger partial charge on any atom is 0.226 e. The molecule has 0 spiro atoms. The molecule has 4 heteroatoms. The molecule has 126 valence electrons. The Labute approximate surface area is 151 Å². The van der Waals surface area contributed by atoms with Crippen LogP contribution in [0.15, 0.2) is 60.0 Å². The predicted molar refractivity (Wildman–Crippen MR) is 102 cm³/mol. The first-order valence-corrected chi connectivity index (χ1v) is 9.54. The van der Waals surface area contributed by atoms with Gasteiger partial charge < -0.3 is 5.32 Å². The smallest absolute Gasteiger partial charge is 0.226 e. The molecule has 1 aliphatic carbocycles. The van der Waals surface area contributed by atoms with Crippen LogP contribution in [-0.4, -0.2) is 10.9 Å². The summed E-state index contributed by atoms with van der Waals surface area (Å²) in [7, 11) is 0. The molecule has 3 nitrogen and oxygen atoms in total. The van der Waals surface area contributed by atoms with Gasteiger partial charge in [0.1, 0.15) is 5.01 Å². The number of hydrogen-bond donors (Lipinski definition) is 1. The van der Waals surface area contributed by atoms with Crippen molar-refractivity contribution < 1.29 is 4.79 Å². The SMILES string of the molecule is O=C(Cc1csc(-c2ccccc2)n1)N[C@H]1CCCc2ccccc21. The second kappa shape index (κ2) is 7.19. The summed E-state index contributed by atoms with van der Waals surface area (Å²) in [5.74, 6) is 0.0478. The van der Waals surface area contributed by atoms with Crippen molar-refractivity contribution in [3.8, 4) is 10.6 Å². The summed E-state index contributed by atoms with van der Waals surface area (Å²) in [6, 6.07) is 18.6. The van der Waals surface area contributed by atoms with Gasteiger partial charge in [-0.15, -0.1) is 11.3 Å². The van der Waals surface area contributed by atoms with Crippen molar-refractivity contribution >= 4 is 17.2 Å². The van der Waals surface area contributed by atoms with Crippen molar-refractivity contribution in [3.63, 3.8) is 0 Å². The van der Waals surface area contributed by atoms with Crippen molar-refractivity contribution in [3.05, 3.63) is 76.8 Å². The van der Waals surface area contributed by atoms with Crippen LogP contribution >= 0.6 is 11.3 Å². The van der Waals surface area contributed by atoms with Crippen molar-refractivity contribution in [2.45, 2.75) is 31.7 Å². The molecule has 1 atom stereocenters. The van der Waals surface area contributed by atoms with E-state index < -0.39 is 0 Å². The molecular formula is C21H20N2OS. The van der Waals surface area contributed by atoms with Crippen LogP contribution < -0.4 is 5.32 Å². The summed E-state index contributed by atoms with van der Waals surface area (Å²) in [5.41, 5.74) is 4.57. The van der Waals surface area contributed by atoms with E-state index in [-0.39, 0.29) is 11.9 Å². The van der Waals surface area contributed by atoms with Crippen LogP contribution in [-0.2, 0) is 17.6 Å². The lowest BCUT2D eigenvalue weighted by atomic mass is 9.87. The van der Waals surface area contributed by atoms with Crippen LogP contribution in [0.2, 0.25) is 0 Å². The lowest BCUT2D eigenvalue weighted by molar-refractivity contribution is -0.121. The fourth-order valence-corrected chi connectivity index (χ4v) is 4.24. The number of rotatable bonds is 4. The largest absolute Gasteiger partial charge is 0.349 e. The zero-order valence-electron chi connectivity index (χ0n) is 13.9. The summed E-state index contributed by atoms with van der Waals surface area (Å²) in [6.45, 7) is 0. The Morgan fingerprint density at radius 3 is 2.80 bits per heavy atom. The van der Waals surface area contributed by atoms with E-state index in [1.54, 1.807) is 11.3 Å². The van der Waals surface area contributed by atoms with E-state index in [4.69, 9.17) is 0 Å². The molecule has 1 heterocycles. The average Bonchev–Trinajstić information content (AvgIpc) is 3.11. The van der Waals surface area contributed by atoms with Gasteiger partial charge in [0.15, 0.2) is 0 Å². The maximum atomic E-state index is 12.5. The highest BCUT2D eigenvalue weighted by molar-refractivity contribution is 7.13. The number of carbonyl (C=O) groups excluding carboxylic acids is 1. The summed E-state index contributed by atoms with van der Waals surface area (Å²) in [6.07, 6.45) is 3.57. The third kappa shape index (κ3) is 3.64. The summed E-state index contributed by atoms with van der Waals surface area (Å²) < 4.78 is 0. The molecule has 3 aromatic rings. The second-order valence-corrected chi connectivity index (χ2v) is 7.26. The molecule has 1 aliphatic rings. The maximum absolute atomic E-state index is 12.5. The zero-order valence-corrected chi connectivity index (χ0v) is 14.8. The van der Waals surface area contributed by atoms with Gasteiger partial charge in [0, 0.05) is 10.9 Å². The summed E-state index contributed by atoms with van der Waals surface area (Å²) in [5, 5.41) is 6.15. The van der Waals surface area contributed by atoms with Gasteiger partial charge >= 0.3 is 0 Å². The minimum atomic E-state index is 0.0478. The molecule has 0 aliphatic heterocycles. The van der Waals surface area contributed by atoms with Crippen LogP contribution in [0.1, 0.15) is 35.7 Å². The zero-order chi connectivity index (χ0) is 17.1. The highest BCUT2D eigenvalue weighted by Gasteiger charge is 2.21. The van der Waals surface area contributed by atoms with Crippen LogP contribution in [0.25, 0.3) is 10.6 Å². The Balaban J connectivity index is 1.43. The molecule has 25 heavy (non-hydrogen) atoms. The molecular weight excluding hydrogens is 328 g/mol.